The Morgan fingerprint density at radius 1 is 1.18 bits per heavy atom. The fourth-order valence-corrected chi connectivity index (χ4v) is 9.08. The Balaban J connectivity index is 0.987. The number of nitrogens with zero attached hydrogens (tertiary/aromatic N) is 4. The second-order valence-electron chi connectivity index (χ2n) is 12.8. The van der Waals surface area contributed by atoms with Gasteiger partial charge in [0.25, 0.3) is 5.91 Å². The van der Waals surface area contributed by atoms with E-state index in [1.54, 1.807) is 23.5 Å². The number of piperidine rings is 1. The Hall–Kier alpha value is -2.79. The van der Waals surface area contributed by atoms with Gasteiger partial charge >= 0.3 is 0 Å². The summed E-state index contributed by atoms with van der Waals surface area (Å²) >= 11 is 16.3. The Kier molecular flexibility index (Phi) is 7.12. The Labute approximate surface area is 273 Å². The molecule has 12 heteroatoms. The molecule has 1 N–H and O–H groups in total. The number of halogens is 2. The van der Waals surface area contributed by atoms with Crippen molar-refractivity contribution in [2.24, 2.45) is 0 Å². The lowest BCUT2D eigenvalue weighted by Gasteiger charge is -2.56. The molecule has 9 rings (SSSR count). The number of thiazole rings is 1. The number of aromatic nitrogens is 2. The second-order valence-corrected chi connectivity index (χ2v) is 16.0. The monoisotopic (exact) mass is 667 g/mol. The van der Waals surface area contributed by atoms with E-state index >= 15 is 0 Å². The van der Waals surface area contributed by atoms with Gasteiger partial charge in [0.05, 0.1) is 26.8 Å². The average Bonchev–Trinajstić information content (AvgIpc) is 3.91. The van der Waals surface area contributed by atoms with E-state index in [-0.39, 0.29) is 16.7 Å². The van der Waals surface area contributed by atoms with Gasteiger partial charge < -0.3 is 14.3 Å². The lowest BCUT2D eigenvalue weighted by molar-refractivity contribution is -0.122. The van der Waals surface area contributed by atoms with Crippen LogP contribution in [0.1, 0.15) is 79.5 Å². The Morgan fingerprint density at radius 2 is 1.93 bits per heavy atom. The van der Waals surface area contributed by atoms with Gasteiger partial charge in [0.15, 0.2) is 5.13 Å². The number of anilines is 1. The topological polar surface area (TPSA) is 91.6 Å². The molecule has 2 amide bonds. The van der Waals surface area contributed by atoms with Crippen LogP contribution in [-0.2, 0) is 11.3 Å². The first-order valence-corrected chi connectivity index (χ1v) is 17.5. The van der Waals surface area contributed by atoms with Crippen molar-refractivity contribution in [3.63, 3.8) is 0 Å². The van der Waals surface area contributed by atoms with Crippen LogP contribution >= 0.6 is 46.5 Å². The molecule has 4 heterocycles. The molecule has 8 nitrogen and oxygen atoms in total. The fourth-order valence-electron chi connectivity index (χ4n) is 6.60. The van der Waals surface area contributed by atoms with Crippen LogP contribution in [0.5, 0.6) is 0 Å². The third-order valence-corrected chi connectivity index (χ3v) is 12.4. The molecule has 4 aromatic rings. The van der Waals surface area contributed by atoms with Crippen molar-refractivity contribution in [3.8, 4) is 11.3 Å². The molecular formula is C32H31Cl2N5O3S2. The molecule has 228 valence electrons. The molecule has 2 bridgehead atoms. The zero-order valence-corrected chi connectivity index (χ0v) is 27.2. The number of fused-ring (bicyclic) bond motifs is 3. The lowest BCUT2D eigenvalue weighted by atomic mass is 9.76. The van der Waals surface area contributed by atoms with Crippen LogP contribution < -0.4 is 9.62 Å². The van der Waals surface area contributed by atoms with E-state index in [0.717, 1.165) is 78.0 Å². The summed E-state index contributed by atoms with van der Waals surface area (Å²) in [5, 5.41) is 6.42. The third kappa shape index (κ3) is 5.17. The van der Waals surface area contributed by atoms with Crippen molar-refractivity contribution in [2.45, 2.75) is 87.2 Å². The SMILES string of the molecule is CC1(SNC(=O)c2ccc3nc(N4C5CC(N(C=O)Cc6c(-c7c(Cl)cccc7Cl)noc6C6CC6)CC4C5)sc3c2)CC1. The van der Waals surface area contributed by atoms with Gasteiger partial charge in [-0.2, -0.15) is 0 Å². The summed E-state index contributed by atoms with van der Waals surface area (Å²) in [6.07, 6.45) is 8.15. The Morgan fingerprint density at radius 3 is 2.61 bits per heavy atom. The van der Waals surface area contributed by atoms with E-state index in [0.29, 0.717) is 51.4 Å². The van der Waals surface area contributed by atoms with Crippen molar-refractivity contribution in [1.29, 1.82) is 0 Å². The standard InChI is InChI=1S/C32H31Cl2N5O3S2/c1-32(9-10-32)44-37-30(41)18-7-8-25-26(11-18)43-31(35-25)39-20-12-19(13-21(39)14-20)38(16-40)15-22-28(36-42-29(22)17-5-6-17)27-23(33)3-2-4-24(27)34/h2-4,7-8,11,16-17,19-21H,5-6,9-10,12-15H2,1H3,(H,37,41). The molecule has 5 fully saturated rings. The van der Waals surface area contributed by atoms with Crippen LogP contribution in [0.15, 0.2) is 40.9 Å². The first-order chi connectivity index (χ1) is 21.3. The minimum absolute atomic E-state index is 0.0600. The number of nitrogens with one attached hydrogen (secondary N) is 1. The van der Waals surface area contributed by atoms with Crippen LogP contribution in [-0.4, -0.2) is 50.2 Å². The molecule has 3 aliphatic carbocycles. The maximum atomic E-state index is 12.8. The summed E-state index contributed by atoms with van der Waals surface area (Å²) in [4.78, 5) is 34.6. The summed E-state index contributed by atoms with van der Waals surface area (Å²) < 4.78 is 10.1. The number of carbonyl (C=O) groups excluding carboxylic acids is 2. The largest absolute Gasteiger partial charge is 0.360 e. The number of rotatable bonds is 10. The summed E-state index contributed by atoms with van der Waals surface area (Å²) in [6.45, 7) is 2.58. The minimum atomic E-state index is -0.0600. The fraction of sp³-hybridized carbons (Fsp3) is 0.438. The van der Waals surface area contributed by atoms with Crippen molar-refractivity contribution in [2.75, 3.05) is 4.90 Å². The van der Waals surface area contributed by atoms with E-state index in [1.165, 1.54) is 11.9 Å². The van der Waals surface area contributed by atoms with Gasteiger partial charge in [0.2, 0.25) is 6.41 Å². The molecule has 0 spiro atoms. The van der Waals surface area contributed by atoms with E-state index in [9.17, 15) is 9.59 Å². The van der Waals surface area contributed by atoms with E-state index in [1.807, 2.05) is 29.2 Å². The molecule has 2 aromatic carbocycles. The highest BCUT2D eigenvalue weighted by Gasteiger charge is 2.48. The number of carbonyl (C=O) groups is 2. The zero-order chi connectivity index (χ0) is 30.2. The van der Waals surface area contributed by atoms with Crippen LogP contribution in [0.4, 0.5) is 5.13 Å². The van der Waals surface area contributed by atoms with Crippen molar-refractivity contribution in [3.05, 3.63) is 63.3 Å². The van der Waals surface area contributed by atoms with Gasteiger partial charge in [0, 0.05) is 45.5 Å². The smallest absolute Gasteiger partial charge is 0.261 e. The molecule has 2 atom stereocenters. The quantitative estimate of drug-likeness (QED) is 0.136. The minimum Gasteiger partial charge on any atom is -0.360 e. The molecule has 2 aromatic heterocycles. The van der Waals surface area contributed by atoms with Crippen LogP contribution in [0, 0.1) is 0 Å². The van der Waals surface area contributed by atoms with Gasteiger partial charge in [-0.25, -0.2) is 4.98 Å². The molecule has 2 aliphatic heterocycles. The maximum absolute atomic E-state index is 12.8. The zero-order valence-electron chi connectivity index (χ0n) is 24.1. The van der Waals surface area contributed by atoms with Crippen LogP contribution in [0.25, 0.3) is 21.5 Å². The van der Waals surface area contributed by atoms with Gasteiger partial charge in [0.1, 0.15) is 11.5 Å². The first-order valence-electron chi connectivity index (χ1n) is 15.1. The first kappa shape index (κ1) is 28.7. The normalized spacial score (nSPS) is 23.3. The molecule has 0 radical (unpaired) electrons. The number of hydrogen-bond donors (Lipinski definition) is 1. The highest BCUT2D eigenvalue weighted by Crippen LogP contribution is 2.49. The summed E-state index contributed by atoms with van der Waals surface area (Å²) in [5.74, 6) is 1.10. The predicted octanol–water partition coefficient (Wildman–Crippen LogP) is 7.83. The third-order valence-electron chi connectivity index (χ3n) is 9.54. The summed E-state index contributed by atoms with van der Waals surface area (Å²) in [7, 11) is 0. The lowest BCUT2D eigenvalue weighted by Crippen LogP contribution is -2.64. The van der Waals surface area contributed by atoms with Crippen molar-refractivity contribution in [1.82, 2.24) is 19.8 Å². The molecule has 2 saturated heterocycles. The average molecular weight is 669 g/mol. The van der Waals surface area contributed by atoms with Gasteiger partial charge in [-0.15, -0.1) is 0 Å². The summed E-state index contributed by atoms with van der Waals surface area (Å²) in [6, 6.07) is 11.9. The Bertz CT molecular complexity index is 1750. The number of hydrogen-bond acceptors (Lipinski definition) is 8. The molecule has 5 aliphatic rings. The number of amides is 2. The van der Waals surface area contributed by atoms with E-state index in [4.69, 9.17) is 32.7 Å². The second kappa shape index (κ2) is 10.9. The van der Waals surface area contributed by atoms with Crippen LogP contribution in [0.2, 0.25) is 10.0 Å². The predicted molar refractivity (Wildman–Crippen MR) is 176 cm³/mol. The van der Waals surface area contributed by atoms with Crippen LogP contribution in [0.3, 0.4) is 0 Å². The summed E-state index contributed by atoms with van der Waals surface area (Å²) in [5.41, 5.74) is 3.75. The molecule has 2 unspecified atom stereocenters. The van der Waals surface area contributed by atoms with Gasteiger partial charge in [-0.3, -0.25) is 14.3 Å². The highest BCUT2D eigenvalue weighted by atomic mass is 35.5. The maximum Gasteiger partial charge on any atom is 0.261 e. The van der Waals surface area contributed by atoms with Crippen molar-refractivity contribution < 1.29 is 14.1 Å². The molecule has 44 heavy (non-hydrogen) atoms. The van der Waals surface area contributed by atoms with E-state index in [2.05, 4.69) is 21.7 Å². The molecular weight excluding hydrogens is 637 g/mol. The highest BCUT2D eigenvalue weighted by molar-refractivity contribution is 7.99. The molecule has 3 saturated carbocycles. The van der Waals surface area contributed by atoms with Gasteiger partial charge in [-0.05, 0) is 94.1 Å². The number of benzene rings is 2. The van der Waals surface area contributed by atoms with Gasteiger partial charge in [-0.1, -0.05) is 45.8 Å². The van der Waals surface area contributed by atoms with Crippen molar-refractivity contribution >= 4 is 74.2 Å². The van der Waals surface area contributed by atoms with E-state index < -0.39 is 0 Å².